The molecule has 0 aromatic heterocycles. The number of amides is 1. The monoisotopic (exact) mass is 381 g/mol. The van der Waals surface area contributed by atoms with E-state index in [0.29, 0.717) is 0 Å². The average molecular weight is 381 g/mol. The average Bonchev–Trinajstić information content (AvgIpc) is 2.48. The molecule has 0 spiro atoms. The van der Waals surface area contributed by atoms with Crippen molar-refractivity contribution in [1.82, 2.24) is 5.32 Å². The summed E-state index contributed by atoms with van der Waals surface area (Å²) in [5, 5.41) is 11.6. The highest BCUT2D eigenvalue weighted by molar-refractivity contribution is 6.87. The number of benzene rings is 1. The van der Waals surface area contributed by atoms with Gasteiger partial charge in [-0.1, -0.05) is 39.9 Å². The van der Waals surface area contributed by atoms with Crippen LogP contribution in [0, 0.1) is 23.1 Å². The summed E-state index contributed by atoms with van der Waals surface area (Å²) in [5.41, 5.74) is 2.79. The topological polar surface area (TPSA) is 66.4 Å². The van der Waals surface area contributed by atoms with E-state index in [1.807, 2.05) is 0 Å². The van der Waals surface area contributed by atoms with Gasteiger partial charge in [-0.2, -0.15) is 0 Å². The first kappa shape index (κ1) is 21.8. The van der Waals surface area contributed by atoms with Crippen LogP contribution in [0.1, 0.15) is 32.8 Å². The Morgan fingerprint density at radius 3 is 2.23 bits per heavy atom. The second kappa shape index (κ2) is 8.45. The van der Waals surface area contributed by atoms with E-state index < -0.39 is 44.0 Å². The molecule has 0 saturated heterocycles. The van der Waals surface area contributed by atoms with Crippen LogP contribution in [0.3, 0.4) is 0 Å². The van der Waals surface area contributed by atoms with Gasteiger partial charge in [0.15, 0.2) is 0 Å². The van der Waals surface area contributed by atoms with Crippen LogP contribution >= 0.6 is 0 Å². The molecule has 1 aromatic rings. The normalized spacial score (nSPS) is 12.7. The lowest BCUT2D eigenvalue weighted by Gasteiger charge is -2.31. The van der Waals surface area contributed by atoms with Crippen LogP contribution in [0.25, 0.3) is 0 Å². The van der Waals surface area contributed by atoms with Gasteiger partial charge in [0.2, 0.25) is 5.91 Å². The standard InChI is InChI=1S/C19H25F2NO3Si/c1-19(2,3)26(4,5)11-7-10-16(18(24)25)22-17(23)12-13-14(20)8-6-9-15(13)21/h6,8-9,16H,10,12H2,1-5H3,(H,22,23)(H,24,25)/t16-/m1/s1. The van der Waals surface area contributed by atoms with Crippen molar-refractivity contribution in [2.75, 3.05) is 0 Å². The Hall–Kier alpha value is -2.20. The van der Waals surface area contributed by atoms with Crippen molar-refractivity contribution in [2.45, 2.75) is 57.8 Å². The van der Waals surface area contributed by atoms with Gasteiger partial charge in [-0.3, -0.25) is 4.79 Å². The van der Waals surface area contributed by atoms with Gasteiger partial charge in [0.1, 0.15) is 25.8 Å². The summed E-state index contributed by atoms with van der Waals surface area (Å²) in [4.78, 5) is 23.4. The van der Waals surface area contributed by atoms with Gasteiger partial charge in [0.25, 0.3) is 0 Å². The maximum Gasteiger partial charge on any atom is 0.327 e. The molecule has 0 aliphatic heterocycles. The second-order valence-electron chi connectivity index (χ2n) is 7.72. The first-order chi connectivity index (χ1) is 11.8. The van der Waals surface area contributed by atoms with E-state index in [0.717, 1.165) is 12.1 Å². The third-order valence-electron chi connectivity index (χ3n) is 4.61. The lowest BCUT2D eigenvalue weighted by molar-refractivity contribution is -0.141. The molecule has 0 heterocycles. The molecule has 0 bridgehead atoms. The smallest absolute Gasteiger partial charge is 0.327 e. The molecule has 142 valence electrons. The number of nitrogens with one attached hydrogen (secondary N) is 1. The number of carbonyl (C=O) groups excluding carboxylic acids is 1. The number of carbonyl (C=O) groups is 2. The summed E-state index contributed by atoms with van der Waals surface area (Å²) in [7, 11) is -1.89. The number of halogens is 2. The quantitative estimate of drug-likeness (QED) is 0.606. The zero-order valence-corrected chi connectivity index (χ0v) is 16.7. The molecular weight excluding hydrogens is 356 g/mol. The van der Waals surface area contributed by atoms with E-state index in [1.165, 1.54) is 6.07 Å². The van der Waals surface area contributed by atoms with Gasteiger partial charge in [-0.25, -0.2) is 13.6 Å². The van der Waals surface area contributed by atoms with E-state index in [9.17, 15) is 23.5 Å². The minimum atomic E-state index is -1.89. The summed E-state index contributed by atoms with van der Waals surface area (Å²) in [6.07, 6.45) is -0.634. The molecule has 1 rings (SSSR count). The highest BCUT2D eigenvalue weighted by Crippen LogP contribution is 2.35. The molecular formula is C19H25F2NO3Si. The molecule has 1 atom stereocenters. The third kappa shape index (κ3) is 5.95. The van der Waals surface area contributed by atoms with Gasteiger partial charge in [-0.05, 0) is 17.2 Å². The molecule has 1 aromatic carbocycles. The van der Waals surface area contributed by atoms with Crippen LogP contribution in [0.2, 0.25) is 18.1 Å². The first-order valence-electron chi connectivity index (χ1n) is 8.30. The summed E-state index contributed by atoms with van der Waals surface area (Å²) in [6.45, 7) is 10.5. The molecule has 0 aliphatic rings. The second-order valence-corrected chi connectivity index (χ2v) is 12.7. The van der Waals surface area contributed by atoms with Crippen molar-refractivity contribution < 1.29 is 23.5 Å². The molecule has 0 radical (unpaired) electrons. The fourth-order valence-electron chi connectivity index (χ4n) is 1.87. The summed E-state index contributed by atoms with van der Waals surface area (Å²) < 4.78 is 27.2. The maximum absolute atomic E-state index is 13.6. The molecule has 0 aliphatic carbocycles. The Bertz CT molecular complexity index is 725. The first-order valence-corrected chi connectivity index (χ1v) is 11.3. The Labute approximate surface area is 154 Å². The Morgan fingerprint density at radius 2 is 1.77 bits per heavy atom. The molecule has 4 nitrogen and oxygen atoms in total. The summed E-state index contributed by atoms with van der Waals surface area (Å²) in [5.74, 6) is -0.819. The van der Waals surface area contributed by atoms with Crippen molar-refractivity contribution in [3.05, 3.63) is 35.4 Å². The predicted octanol–water partition coefficient (Wildman–Crippen LogP) is 3.52. The zero-order chi connectivity index (χ0) is 20.1. The minimum absolute atomic E-state index is 0.0321. The third-order valence-corrected chi connectivity index (χ3v) is 9.17. The molecule has 0 unspecified atom stereocenters. The van der Waals surface area contributed by atoms with Gasteiger partial charge in [0.05, 0.1) is 6.42 Å². The number of carboxylic acids is 1. The molecule has 7 heteroatoms. The predicted molar refractivity (Wildman–Crippen MR) is 99.2 cm³/mol. The number of hydrogen-bond donors (Lipinski definition) is 2. The fourth-order valence-corrected chi connectivity index (χ4v) is 2.79. The van der Waals surface area contributed by atoms with E-state index in [2.05, 4.69) is 50.6 Å². The number of hydrogen-bond acceptors (Lipinski definition) is 2. The van der Waals surface area contributed by atoms with E-state index in [1.54, 1.807) is 0 Å². The van der Waals surface area contributed by atoms with E-state index >= 15 is 0 Å². The van der Waals surface area contributed by atoms with Crippen LogP contribution in [-0.4, -0.2) is 31.1 Å². The largest absolute Gasteiger partial charge is 0.480 e. The maximum atomic E-state index is 13.6. The lowest BCUT2D eigenvalue weighted by Crippen LogP contribution is -2.41. The SMILES string of the molecule is CC(C)(C)[Si](C)(C)C#CC[C@@H](NC(=O)Cc1c(F)cccc1F)C(=O)O. The fraction of sp³-hybridized carbons (Fsp3) is 0.474. The van der Waals surface area contributed by atoms with E-state index in [4.69, 9.17) is 0 Å². The molecule has 0 saturated carbocycles. The van der Waals surface area contributed by atoms with Crippen molar-refractivity contribution in [3.63, 3.8) is 0 Å². The van der Waals surface area contributed by atoms with Gasteiger partial charge in [0, 0.05) is 12.0 Å². The minimum Gasteiger partial charge on any atom is -0.480 e. The highest BCUT2D eigenvalue weighted by Gasteiger charge is 2.33. The lowest BCUT2D eigenvalue weighted by atomic mass is 10.1. The Morgan fingerprint density at radius 1 is 1.23 bits per heavy atom. The molecule has 1 amide bonds. The summed E-state index contributed by atoms with van der Waals surface area (Å²) in [6, 6.07) is 2.06. The molecule has 0 fully saturated rings. The van der Waals surface area contributed by atoms with Gasteiger partial charge >= 0.3 is 5.97 Å². The zero-order valence-electron chi connectivity index (χ0n) is 15.7. The van der Waals surface area contributed by atoms with Crippen molar-refractivity contribution in [2.24, 2.45) is 0 Å². The van der Waals surface area contributed by atoms with Crippen LogP contribution in [0.15, 0.2) is 18.2 Å². The van der Waals surface area contributed by atoms with Crippen LogP contribution in [0.5, 0.6) is 0 Å². The van der Waals surface area contributed by atoms with Gasteiger partial charge < -0.3 is 10.4 Å². The Kier molecular flexibility index (Phi) is 7.10. The van der Waals surface area contributed by atoms with Crippen molar-refractivity contribution >= 4 is 20.0 Å². The molecule has 2 N–H and O–H groups in total. The highest BCUT2D eigenvalue weighted by atomic mass is 28.3. The number of aliphatic carboxylic acids is 1. The summed E-state index contributed by atoms with van der Waals surface area (Å²) >= 11 is 0. The van der Waals surface area contributed by atoms with E-state index in [-0.39, 0.29) is 17.0 Å². The van der Waals surface area contributed by atoms with Crippen LogP contribution in [-0.2, 0) is 16.0 Å². The number of rotatable bonds is 5. The molecule has 26 heavy (non-hydrogen) atoms. The Balaban J connectivity index is 2.81. The van der Waals surface area contributed by atoms with Crippen molar-refractivity contribution in [3.8, 4) is 11.5 Å². The number of carboxylic acid groups (broad SMARTS) is 1. The van der Waals surface area contributed by atoms with Crippen LogP contribution < -0.4 is 5.32 Å². The van der Waals surface area contributed by atoms with Gasteiger partial charge in [-0.15, -0.1) is 11.5 Å². The van der Waals surface area contributed by atoms with Crippen LogP contribution in [0.4, 0.5) is 8.78 Å². The van der Waals surface area contributed by atoms with Crippen molar-refractivity contribution in [1.29, 1.82) is 0 Å².